The molecule has 0 aliphatic carbocycles. The molecular formula is C26H30F4N8O2. The van der Waals surface area contributed by atoms with Crippen molar-refractivity contribution in [2.45, 2.75) is 57.8 Å². The van der Waals surface area contributed by atoms with Gasteiger partial charge in [-0.15, -0.1) is 0 Å². The van der Waals surface area contributed by atoms with Crippen molar-refractivity contribution in [3.05, 3.63) is 48.4 Å². The van der Waals surface area contributed by atoms with Crippen molar-refractivity contribution in [3.63, 3.8) is 0 Å². The average molecular weight is 563 g/mol. The highest BCUT2D eigenvalue weighted by Crippen LogP contribution is 2.35. The number of nitrogens with zero attached hydrogens (tertiary/aromatic N) is 6. The molecule has 0 unspecified atom stereocenters. The second-order valence-electron chi connectivity index (χ2n) is 10.2. The van der Waals surface area contributed by atoms with E-state index in [1.807, 2.05) is 25.8 Å². The molecule has 10 nitrogen and oxygen atoms in total. The van der Waals surface area contributed by atoms with Crippen molar-refractivity contribution in [1.29, 1.82) is 0 Å². The van der Waals surface area contributed by atoms with Gasteiger partial charge in [0.25, 0.3) is 5.91 Å². The van der Waals surface area contributed by atoms with E-state index in [1.54, 1.807) is 29.0 Å². The van der Waals surface area contributed by atoms with Crippen molar-refractivity contribution in [2.75, 3.05) is 25.5 Å². The SMILES string of the molecule is CC(C)n1ccnc1C(=O)NCc1nc(-c2cc3c(N[C@@H]4CCN(C)C[C@@H]4F)cccc3n2CC(F)(F)F)no1. The molecule has 1 aliphatic rings. The predicted octanol–water partition coefficient (Wildman–Crippen LogP) is 4.42. The van der Waals surface area contributed by atoms with Gasteiger partial charge in [0.2, 0.25) is 11.7 Å². The first-order valence-corrected chi connectivity index (χ1v) is 12.9. The fourth-order valence-electron chi connectivity index (χ4n) is 4.94. The second kappa shape index (κ2) is 10.9. The smallest absolute Gasteiger partial charge is 0.379 e. The van der Waals surface area contributed by atoms with Gasteiger partial charge in [-0.05, 0) is 45.5 Å². The van der Waals surface area contributed by atoms with Crippen LogP contribution in [0.2, 0.25) is 0 Å². The van der Waals surface area contributed by atoms with Gasteiger partial charge < -0.3 is 29.2 Å². The molecule has 0 bridgehead atoms. The summed E-state index contributed by atoms with van der Waals surface area (Å²) in [5.41, 5.74) is 0.896. The molecule has 3 aromatic heterocycles. The number of amides is 1. The Morgan fingerprint density at radius 1 is 1.27 bits per heavy atom. The highest BCUT2D eigenvalue weighted by atomic mass is 19.4. The second-order valence-corrected chi connectivity index (χ2v) is 10.2. The molecule has 4 aromatic rings. The van der Waals surface area contributed by atoms with Gasteiger partial charge in [-0.1, -0.05) is 11.2 Å². The van der Waals surface area contributed by atoms with Crippen LogP contribution >= 0.6 is 0 Å². The van der Waals surface area contributed by atoms with Crippen molar-refractivity contribution in [1.82, 2.24) is 34.5 Å². The lowest BCUT2D eigenvalue weighted by molar-refractivity contribution is -0.139. The number of aromatic nitrogens is 5. The van der Waals surface area contributed by atoms with Crippen LogP contribution in [0.4, 0.5) is 23.2 Å². The molecule has 2 atom stereocenters. The van der Waals surface area contributed by atoms with Crippen LogP contribution in [-0.4, -0.2) is 73.6 Å². The Labute approximate surface area is 227 Å². The monoisotopic (exact) mass is 562 g/mol. The average Bonchev–Trinajstić information content (AvgIpc) is 3.63. The number of likely N-dealkylation sites (tertiary alicyclic amines) is 1. The highest BCUT2D eigenvalue weighted by molar-refractivity contribution is 5.96. The summed E-state index contributed by atoms with van der Waals surface area (Å²) in [5, 5.41) is 10.2. The largest absolute Gasteiger partial charge is 0.406 e. The van der Waals surface area contributed by atoms with Crippen LogP contribution in [0.25, 0.3) is 22.4 Å². The molecule has 4 heterocycles. The first kappa shape index (κ1) is 27.6. The van der Waals surface area contributed by atoms with Gasteiger partial charge in [-0.2, -0.15) is 18.2 Å². The van der Waals surface area contributed by atoms with E-state index in [4.69, 9.17) is 4.52 Å². The molecule has 0 radical (unpaired) electrons. The van der Waals surface area contributed by atoms with E-state index in [0.717, 1.165) is 4.57 Å². The van der Waals surface area contributed by atoms with Crippen LogP contribution in [0.3, 0.4) is 0 Å². The lowest BCUT2D eigenvalue weighted by Gasteiger charge is -2.33. The van der Waals surface area contributed by atoms with Gasteiger partial charge in [-0.25, -0.2) is 9.37 Å². The molecule has 14 heteroatoms. The van der Waals surface area contributed by atoms with E-state index in [1.165, 1.54) is 12.3 Å². The van der Waals surface area contributed by atoms with Gasteiger partial charge >= 0.3 is 6.18 Å². The molecule has 0 saturated carbocycles. The van der Waals surface area contributed by atoms with Crippen LogP contribution < -0.4 is 10.6 Å². The third-order valence-corrected chi connectivity index (χ3v) is 6.89. The maximum Gasteiger partial charge on any atom is 0.406 e. The minimum Gasteiger partial charge on any atom is -0.379 e. The number of halogens is 4. The zero-order valence-electron chi connectivity index (χ0n) is 22.2. The highest BCUT2D eigenvalue weighted by Gasteiger charge is 2.32. The summed E-state index contributed by atoms with van der Waals surface area (Å²) in [7, 11) is 1.85. The molecule has 40 heavy (non-hydrogen) atoms. The van der Waals surface area contributed by atoms with Crippen molar-refractivity contribution >= 4 is 22.5 Å². The summed E-state index contributed by atoms with van der Waals surface area (Å²) in [4.78, 5) is 22.8. The number of alkyl halides is 4. The maximum atomic E-state index is 14.7. The summed E-state index contributed by atoms with van der Waals surface area (Å²) < 4.78 is 63.6. The van der Waals surface area contributed by atoms with Gasteiger partial charge in [-0.3, -0.25) is 4.79 Å². The first-order chi connectivity index (χ1) is 19.0. The number of imidazole rings is 1. The minimum absolute atomic E-state index is 0.0137. The number of fused-ring (bicyclic) bond motifs is 1. The molecule has 0 spiro atoms. The fourth-order valence-corrected chi connectivity index (χ4v) is 4.94. The Kier molecular flexibility index (Phi) is 7.53. The predicted molar refractivity (Wildman–Crippen MR) is 139 cm³/mol. The molecule has 2 N–H and O–H groups in total. The standard InChI is InChI=1S/C26H30F4N8O2/c1-15(2)37-10-8-31-24(37)25(39)32-12-22-34-23(35-40-22)21-11-16-18(33-19-7-9-36(3)13-17(19)27)5-4-6-20(16)38(21)14-26(28,29)30/h4-6,8,10-11,15,17,19,33H,7,9,12-14H2,1-3H3,(H,32,39)/t17-,19+/m0/s1. The summed E-state index contributed by atoms with van der Waals surface area (Å²) in [6.45, 7) is 3.37. The number of anilines is 1. The van der Waals surface area contributed by atoms with E-state index >= 15 is 0 Å². The third-order valence-electron chi connectivity index (χ3n) is 6.89. The molecule has 1 amide bonds. The Morgan fingerprint density at radius 3 is 2.80 bits per heavy atom. The summed E-state index contributed by atoms with van der Waals surface area (Å²) in [6, 6.07) is 5.99. The third kappa shape index (κ3) is 5.81. The van der Waals surface area contributed by atoms with E-state index in [-0.39, 0.29) is 42.4 Å². The Hall–Kier alpha value is -3.94. The van der Waals surface area contributed by atoms with Crippen molar-refractivity contribution < 1.29 is 26.9 Å². The molecule has 1 fully saturated rings. The Balaban J connectivity index is 1.42. The van der Waals surface area contributed by atoms with Crippen LogP contribution in [0.15, 0.2) is 41.2 Å². The van der Waals surface area contributed by atoms with Crippen LogP contribution in [-0.2, 0) is 13.1 Å². The number of hydrogen-bond acceptors (Lipinski definition) is 7. The van der Waals surface area contributed by atoms with Gasteiger partial charge in [0.05, 0.1) is 23.8 Å². The molecule has 1 aromatic carbocycles. The van der Waals surface area contributed by atoms with E-state index in [9.17, 15) is 22.4 Å². The molecule has 5 rings (SSSR count). The Morgan fingerprint density at radius 2 is 2.08 bits per heavy atom. The van der Waals surface area contributed by atoms with Crippen molar-refractivity contribution in [3.8, 4) is 11.5 Å². The number of carbonyl (C=O) groups is 1. The molecule has 1 aliphatic heterocycles. The fraction of sp³-hybridized carbons (Fsp3) is 0.462. The van der Waals surface area contributed by atoms with Gasteiger partial charge in [0, 0.05) is 42.6 Å². The lowest BCUT2D eigenvalue weighted by atomic mass is 10.0. The number of rotatable bonds is 8. The maximum absolute atomic E-state index is 14.7. The number of nitrogens with one attached hydrogen (secondary N) is 2. The van der Waals surface area contributed by atoms with E-state index < -0.39 is 30.8 Å². The van der Waals surface area contributed by atoms with E-state index in [2.05, 4.69) is 25.8 Å². The van der Waals surface area contributed by atoms with Crippen LogP contribution in [0, 0.1) is 0 Å². The number of hydrogen-bond donors (Lipinski definition) is 2. The van der Waals surface area contributed by atoms with Gasteiger partial charge in [0.15, 0.2) is 5.82 Å². The Bertz CT molecular complexity index is 1490. The van der Waals surface area contributed by atoms with Crippen molar-refractivity contribution in [2.24, 2.45) is 0 Å². The summed E-state index contributed by atoms with van der Waals surface area (Å²) >= 11 is 0. The molecular weight excluding hydrogens is 532 g/mol. The summed E-state index contributed by atoms with van der Waals surface area (Å²) in [5.74, 6) is -0.303. The number of piperidine rings is 1. The quantitative estimate of drug-likeness (QED) is 0.307. The zero-order chi connectivity index (χ0) is 28.6. The van der Waals surface area contributed by atoms with Crippen LogP contribution in [0.5, 0.6) is 0 Å². The lowest BCUT2D eigenvalue weighted by Crippen LogP contribution is -2.46. The number of carbonyl (C=O) groups excluding carboxylic acids is 1. The molecule has 1 saturated heterocycles. The van der Waals surface area contributed by atoms with Gasteiger partial charge in [0.1, 0.15) is 12.7 Å². The zero-order valence-corrected chi connectivity index (χ0v) is 22.2. The van der Waals surface area contributed by atoms with E-state index in [0.29, 0.717) is 29.6 Å². The molecule has 214 valence electrons. The first-order valence-electron chi connectivity index (χ1n) is 12.9. The minimum atomic E-state index is -4.53. The normalized spacial score (nSPS) is 18.5. The topological polar surface area (TPSA) is 106 Å². The number of benzene rings is 1. The summed E-state index contributed by atoms with van der Waals surface area (Å²) in [6.07, 6.45) is -1.89. The van der Waals surface area contributed by atoms with Crippen LogP contribution in [0.1, 0.15) is 42.8 Å².